The van der Waals surface area contributed by atoms with Crippen molar-refractivity contribution in [3.05, 3.63) is 90.1 Å². The van der Waals surface area contributed by atoms with E-state index in [2.05, 4.69) is 9.72 Å². The molecule has 0 spiro atoms. The third-order valence-electron chi connectivity index (χ3n) is 7.16. The van der Waals surface area contributed by atoms with Gasteiger partial charge in [-0.15, -0.1) is 13.2 Å². The zero-order valence-corrected chi connectivity index (χ0v) is 25.3. The largest absolute Gasteiger partial charge is 0.573 e. The molecule has 0 aliphatic carbocycles. The number of rotatable bonds is 11. The molecule has 7 nitrogen and oxygen atoms in total. The summed E-state index contributed by atoms with van der Waals surface area (Å²) >= 11 is 1.31. The maximum absolute atomic E-state index is 14.3. The van der Waals surface area contributed by atoms with Crippen LogP contribution in [-0.2, 0) is 9.53 Å². The van der Waals surface area contributed by atoms with Crippen molar-refractivity contribution in [1.82, 2.24) is 9.97 Å². The number of alkyl halides is 3. The first kappa shape index (κ1) is 31.2. The number of phenolic OH excluding ortho intramolecular Hbond substituents is 1. The molecule has 0 fully saturated rings. The Hall–Kier alpha value is -4.22. The van der Waals surface area contributed by atoms with Gasteiger partial charge in [0.05, 0.1) is 21.9 Å². The van der Waals surface area contributed by atoms with Crippen molar-refractivity contribution in [2.24, 2.45) is 0 Å². The highest BCUT2D eigenvalue weighted by molar-refractivity contribution is 7.22. The number of carbonyl (C=O) groups is 1. The summed E-state index contributed by atoms with van der Waals surface area (Å²) in [5.74, 6) is -0.843. The van der Waals surface area contributed by atoms with Crippen LogP contribution < -0.4 is 9.64 Å². The second kappa shape index (κ2) is 12.8. The van der Waals surface area contributed by atoms with Crippen LogP contribution in [0.4, 0.5) is 18.3 Å². The molecule has 5 rings (SSSR count). The van der Waals surface area contributed by atoms with Crippen LogP contribution in [0.25, 0.3) is 21.1 Å². The van der Waals surface area contributed by atoms with Crippen LogP contribution in [0.3, 0.4) is 0 Å². The van der Waals surface area contributed by atoms with Crippen LogP contribution in [0.2, 0.25) is 0 Å². The van der Waals surface area contributed by atoms with E-state index < -0.39 is 23.8 Å². The Kier molecular flexibility index (Phi) is 9.07. The van der Waals surface area contributed by atoms with Crippen LogP contribution in [0, 0.1) is 0 Å². The zero-order chi connectivity index (χ0) is 31.5. The van der Waals surface area contributed by atoms with E-state index in [0.29, 0.717) is 45.7 Å². The highest BCUT2D eigenvalue weighted by Crippen LogP contribution is 2.43. The monoisotopic (exact) mass is 623 g/mol. The van der Waals surface area contributed by atoms with Crippen LogP contribution in [-0.4, -0.2) is 39.6 Å². The molecule has 0 aliphatic rings. The van der Waals surface area contributed by atoms with E-state index in [-0.39, 0.29) is 18.1 Å². The molecule has 1 N–H and O–H groups in total. The predicted octanol–water partition coefficient (Wildman–Crippen LogP) is 8.56. The van der Waals surface area contributed by atoms with Crippen LogP contribution in [0.1, 0.15) is 57.2 Å². The number of aromatic nitrogens is 2. The van der Waals surface area contributed by atoms with Gasteiger partial charge in [0.25, 0.3) is 0 Å². The van der Waals surface area contributed by atoms with E-state index in [1.54, 1.807) is 30.5 Å². The first-order chi connectivity index (χ1) is 21.0. The summed E-state index contributed by atoms with van der Waals surface area (Å²) in [6, 6.07) is 18.8. The minimum Gasteiger partial charge on any atom is -0.505 e. The van der Waals surface area contributed by atoms with Crippen LogP contribution in [0.5, 0.6) is 11.5 Å². The molecule has 0 saturated carbocycles. The van der Waals surface area contributed by atoms with Gasteiger partial charge in [-0.05, 0) is 62.6 Å². The Balaban J connectivity index is 1.66. The fourth-order valence-corrected chi connectivity index (χ4v) is 6.00. The SMILES string of the molecule is CCCOC(C)(C)CCC(=O)N(c1nc2ccccc2s1)C(c1ccc(OC(F)(F)F)cc1)c1ccc2cccnc2c1O. The predicted molar refractivity (Wildman–Crippen MR) is 165 cm³/mol. The number of hydrogen-bond donors (Lipinski definition) is 1. The van der Waals surface area contributed by atoms with E-state index in [1.807, 2.05) is 45.0 Å². The van der Waals surface area contributed by atoms with E-state index in [4.69, 9.17) is 9.72 Å². The van der Waals surface area contributed by atoms with Crippen molar-refractivity contribution in [3.63, 3.8) is 0 Å². The van der Waals surface area contributed by atoms with Crippen molar-refractivity contribution in [2.75, 3.05) is 11.5 Å². The lowest BCUT2D eigenvalue weighted by Crippen LogP contribution is -2.37. The number of hydrogen-bond acceptors (Lipinski definition) is 7. The number of amides is 1. The smallest absolute Gasteiger partial charge is 0.505 e. The summed E-state index contributed by atoms with van der Waals surface area (Å²) in [7, 11) is 0. The number of halogens is 3. The van der Waals surface area contributed by atoms with Crippen molar-refractivity contribution in [2.45, 2.75) is 58.0 Å². The van der Waals surface area contributed by atoms with Gasteiger partial charge in [0.1, 0.15) is 17.0 Å². The molecule has 0 aliphatic heterocycles. The maximum Gasteiger partial charge on any atom is 0.573 e. The molecular formula is C33H32F3N3O4S. The Morgan fingerprint density at radius 1 is 1.02 bits per heavy atom. The van der Waals surface area contributed by atoms with Crippen molar-refractivity contribution < 1.29 is 32.5 Å². The summed E-state index contributed by atoms with van der Waals surface area (Å²) < 4.78 is 49.8. The number of para-hydroxylation sites is 1. The quantitative estimate of drug-likeness (QED) is 0.159. The zero-order valence-electron chi connectivity index (χ0n) is 24.5. The minimum absolute atomic E-state index is 0.0883. The Labute approximate surface area is 256 Å². The van der Waals surface area contributed by atoms with Gasteiger partial charge in [-0.25, -0.2) is 4.98 Å². The molecule has 1 unspecified atom stereocenters. The summed E-state index contributed by atoms with van der Waals surface area (Å²) in [4.78, 5) is 25.0. The number of fused-ring (bicyclic) bond motifs is 2. The van der Waals surface area contributed by atoms with Gasteiger partial charge in [0, 0.05) is 30.2 Å². The third-order valence-corrected chi connectivity index (χ3v) is 8.19. The number of pyridine rings is 1. The van der Waals surface area contributed by atoms with Gasteiger partial charge in [-0.2, -0.15) is 0 Å². The van der Waals surface area contributed by atoms with Gasteiger partial charge in [-0.3, -0.25) is 14.7 Å². The average Bonchev–Trinajstić information content (AvgIpc) is 3.42. The first-order valence-electron chi connectivity index (χ1n) is 14.2. The van der Waals surface area contributed by atoms with Gasteiger partial charge >= 0.3 is 6.36 Å². The molecule has 2 heterocycles. The summed E-state index contributed by atoms with van der Waals surface area (Å²) in [6.07, 6.45) is -1.98. The second-order valence-electron chi connectivity index (χ2n) is 10.9. The van der Waals surface area contributed by atoms with Gasteiger partial charge in [-0.1, -0.05) is 60.7 Å². The molecule has 0 saturated heterocycles. The summed E-state index contributed by atoms with van der Waals surface area (Å²) in [5, 5.41) is 12.6. The van der Waals surface area contributed by atoms with Crippen molar-refractivity contribution in [1.29, 1.82) is 0 Å². The topological polar surface area (TPSA) is 84.8 Å². The number of nitrogens with zero attached hydrogens (tertiary/aromatic N) is 3. The number of anilines is 1. The Morgan fingerprint density at radius 3 is 2.48 bits per heavy atom. The lowest BCUT2D eigenvalue weighted by Gasteiger charge is -2.33. The van der Waals surface area contributed by atoms with Gasteiger partial charge in [0.15, 0.2) is 5.13 Å². The normalized spacial score (nSPS) is 12.9. The lowest BCUT2D eigenvalue weighted by atomic mass is 9.94. The number of carbonyl (C=O) groups excluding carboxylic acids is 1. The highest BCUT2D eigenvalue weighted by Gasteiger charge is 2.35. The molecular weight excluding hydrogens is 591 g/mol. The molecule has 2 aromatic heterocycles. The van der Waals surface area contributed by atoms with Crippen molar-refractivity contribution >= 4 is 43.5 Å². The van der Waals surface area contributed by atoms with Gasteiger partial charge in [0.2, 0.25) is 5.91 Å². The minimum atomic E-state index is -4.86. The first-order valence-corrected chi connectivity index (χ1v) is 15.0. The van der Waals surface area contributed by atoms with E-state index >= 15 is 0 Å². The fourth-order valence-electron chi connectivity index (χ4n) is 4.99. The Morgan fingerprint density at radius 2 is 1.77 bits per heavy atom. The molecule has 0 radical (unpaired) electrons. The lowest BCUT2D eigenvalue weighted by molar-refractivity contribution is -0.274. The van der Waals surface area contributed by atoms with Crippen LogP contribution >= 0.6 is 11.3 Å². The second-order valence-corrected chi connectivity index (χ2v) is 11.9. The number of thiazole rings is 1. The molecule has 44 heavy (non-hydrogen) atoms. The average molecular weight is 624 g/mol. The number of phenols is 1. The molecule has 11 heteroatoms. The maximum atomic E-state index is 14.3. The summed E-state index contributed by atoms with van der Waals surface area (Å²) in [6.45, 7) is 6.41. The molecule has 0 bridgehead atoms. The van der Waals surface area contributed by atoms with Crippen molar-refractivity contribution in [3.8, 4) is 11.5 Å². The highest BCUT2D eigenvalue weighted by atomic mass is 32.1. The molecule has 5 aromatic rings. The standard InChI is InChI=1S/C33H32F3N3O4S/c1-4-20-42-32(2,3)18-17-27(40)39(31-38-25-9-5-6-10-26(25)44-31)29(22-11-14-23(15-12-22)43-33(34,35)36)24-16-13-21-8-7-19-37-28(21)30(24)41/h5-16,19,29,41H,4,17-18,20H2,1-3H3. The number of ether oxygens (including phenoxy) is 2. The third kappa shape index (κ3) is 7.11. The van der Waals surface area contributed by atoms with Gasteiger partial charge < -0.3 is 14.6 Å². The number of aromatic hydroxyl groups is 1. The fraction of sp³-hybridized carbons (Fsp3) is 0.303. The Bertz CT molecular complexity index is 1720. The molecule has 3 aromatic carbocycles. The number of benzene rings is 3. The summed E-state index contributed by atoms with van der Waals surface area (Å²) in [5.41, 5.74) is 1.23. The van der Waals surface area contributed by atoms with E-state index in [1.165, 1.54) is 40.5 Å². The molecule has 1 amide bonds. The molecule has 230 valence electrons. The van der Waals surface area contributed by atoms with E-state index in [0.717, 1.165) is 11.1 Å². The van der Waals surface area contributed by atoms with Crippen LogP contribution in [0.15, 0.2) is 79.0 Å². The molecule has 1 atom stereocenters. The van der Waals surface area contributed by atoms with E-state index in [9.17, 15) is 23.1 Å².